The Hall–Kier alpha value is -1.16. The van der Waals surface area contributed by atoms with Crippen LogP contribution in [0.5, 0.6) is 5.75 Å². The Balaban J connectivity index is 3.10. The van der Waals surface area contributed by atoms with Gasteiger partial charge in [0.1, 0.15) is 0 Å². The minimum absolute atomic E-state index is 0.0181. The second-order valence-electron chi connectivity index (χ2n) is 3.55. The first-order valence-corrected chi connectivity index (χ1v) is 4.89. The Morgan fingerprint density at radius 3 is 2.53 bits per heavy atom. The molecule has 15 heavy (non-hydrogen) atoms. The van der Waals surface area contributed by atoms with Gasteiger partial charge in [0.2, 0.25) is 5.82 Å². The van der Waals surface area contributed by atoms with Gasteiger partial charge in [0, 0.05) is 0 Å². The van der Waals surface area contributed by atoms with Crippen molar-refractivity contribution in [2.75, 3.05) is 6.54 Å². The lowest BCUT2D eigenvalue weighted by Gasteiger charge is -2.14. The van der Waals surface area contributed by atoms with Crippen LogP contribution in [0.2, 0.25) is 0 Å². The zero-order chi connectivity index (χ0) is 11.4. The summed E-state index contributed by atoms with van der Waals surface area (Å²) in [6.45, 7) is 3.90. The van der Waals surface area contributed by atoms with Gasteiger partial charge in [0.15, 0.2) is 11.6 Å². The SMILES string of the molecule is CC(C)Oc1c(CCN)ccc(F)c1F. The van der Waals surface area contributed by atoms with Crippen LogP contribution < -0.4 is 10.5 Å². The van der Waals surface area contributed by atoms with Gasteiger partial charge in [-0.25, -0.2) is 4.39 Å². The second-order valence-corrected chi connectivity index (χ2v) is 3.55. The van der Waals surface area contributed by atoms with Gasteiger partial charge in [0.05, 0.1) is 6.10 Å². The second kappa shape index (κ2) is 5.07. The van der Waals surface area contributed by atoms with Crippen LogP contribution in [0.1, 0.15) is 19.4 Å². The van der Waals surface area contributed by atoms with Crippen molar-refractivity contribution in [3.63, 3.8) is 0 Å². The van der Waals surface area contributed by atoms with Gasteiger partial charge >= 0.3 is 0 Å². The maximum Gasteiger partial charge on any atom is 0.200 e. The predicted octanol–water partition coefficient (Wildman–Crippen LogP) is 2.25. The number of benzene rings is 1. The molecule has 4 heteroatoms. The lowest BCUT2D eigenvalue weighted by molar-refractivity contribution is 0.225. The summed E-state index contributed by atoms with van der Waals surface area (Å²) in [5.41, 5.74) is 5.98. The quantitative estimate of drug-likeness (QED) is 0.836. The molecule has 0 spiro atoms. The number of hydrogen-bond acceptors (Lipinski definition) is 2. The molecule has 0 aliphatic carbocycles. The molecular weight excluding hydrogens is 200 g/mol. The molecule has 0 saturated carbocycles. The minimum Gasteiger partial charge on any atom is -0.488 e. The Labute approximate surface area is 88.0 Å². The van der Waals surface area contributed by atoms with Crippen molar-refractivity contribution in [2.24, 2.45) is 5.73 Å². The third-order valence-corrected chi connectivity index (χ3v) is 1.90. The fourth-order valence-electron chi connectivity index (χ4n) is 1.29. The Morgan fingerprint density at radius 2 is 2.00 bits per heavy atom. The molecule has 0 fully saturated rings. The molecule has 2 nitrogen and oxygen atoms in total. The summed E-state index contributed by atoms with van der Waals surface area (Å²) in [4.78, 5) is 0. The van der Waals surface area contributed by atoms with E-state index in [0.717, 1.165) is 6.07 Å². The van der Waals surface area contributed by atoms with Gasteiger partial charge in [0.25, 0.3) is 0 Å². The van der Waals surface area contributed by atoms with E-state index in [4.69, 9.17) is 10.5 Å². The molecule has 0 saturated heterocycles. The number of hydrogen-bond donors (Lipinski definition) is 1. The topological polar surface area (TPSA) is 35.2 Å². The highest BCUT2D eigenvalue weighted by molar-refractivity contribution is 5.36. The molecule has 0 radical (unpaired) electrons. The summed E-state index contributed by atoms with van der Waals surface area (Å²) in [5.74, 6) is -1.85. The Kier molecular flexibility index (Phi) is 4.03. The number of rotatable bonds is 4. The van der Waals surface area contributed by atoms with Crippen LogP contribution in [-0.4, -0.2) is 12.6 Å². The Morgan fingerprint density at radius 1 is 1.33 bits per heavy atom. The molecule has 0 atom stereocenters. The van der Waals surface area contributed by atoms with Crippen molar-refractivity contribution in [3.05, 3.63) is 29.3 Å². The van der Waals surface area contributed by atoms with Crippen molar-refractivity contribution < 1.29 is 13.5 Å². The number of ether oxygens (including phenoxy) is 1. The highest BCUT2D eigenvalue weighted by Gasteiger charge is 2.15. The zero-order valence-corrected chi connectivity index (χ0v) is 8.89. The molecular formula is C11H15F2NO. The lowest BCUT2D eigenvalue weighted by Crippen LogP contribution is -2.12. The fourth-order valence-corrected chi connectivity index (χ4v) is 1.29. The van der Waals surface area contributed by atoms with Crippen LogP contribution in [-0.2, 0) is 6.42 Å². The summed E-state index contributed by atoms with van der Waals surface area (Å²) < 4.78 is 31.6. The van der Waals surface area contributed by atoms with E-state index in [1.807, 2.05) is 0 Å². The van der Waals surface area contributed by atoms with Gasteiger partial charge in [-0.15, -0.1) is 0 Å². The van der Waals surface area contributed by atoms with Crippen LogP contribution in [0.4, 0.5) is 8.78 Å². The summed E-state index contributed by atoms with van der Waals surface area (Å²) >= 11 is 0. The molecule has 1 aromatic rings. The van der Waals surface area contributed by atoms with Crippen molar-refractivity contribution in [2.45, 2.75) is 26.4 Å². The van der Waals surface area contributed by atoms with Crippen molar-refractivity contribution in [1.82, 2.24) is 0 Å². The van der Waals surface area contributed by atoms with E-state index in [-0.39, 0.29) is 11.9 Å². The largest absolute Gasteiger partial charge is 0.488 e. The summed E-state index contributed by atoms with van der Waals surface area (Å²) in [7, 11) is 0. The number of nitrogens with two attached hydrogens (primary N) is 1. The number of halogens is 2. The van der Waals surface area contributed by atoms with E-state index in [1.165, 1.54) is 6.07 Å². The average Bonchev–Trinajstić information content (AvgIpc) is 2.17. The fraction of sp³-hybridized carbons (Fsp3) is 0.455. The van der Waals surface area contributed by atoms with Gasteiger partial charge in [-0.3, -0.25) is 0 Å². The molecule has 0 aliphatic rings. The van der Waals surface area contributed by atoms with E-state index >= 15 is 0 Å². The highest BCUT2D eigenvalue weighted by atomic mass is 19.2. The first-order valence-electron chi connectivity index (χ1n) is 4.89. The van der Waals surface area contributed by atoms with E-state index in [9.17, 15) is 8.78 Å². The highest BCUT2D eigenvalue weighted by Crippen LogP contribution is 2.26. The zero-order valence-electron chi connectivity index (χ0n) is 8.89. The maximum absolute atomic E-state index is 13.4. The van der Waals surface area contributed by atoms with E-state index < -0.39 is 11.6 Å². The average molecular weight is 215 g/mol. The monoisotopic (exact) mass is 215 g/mol. The minimum atomic E-state index is -0.936. The normalized spacial score (nSPS) is 10.8. The van der Waals surface area contributed by atoms with E-state index in [0.29, 0.717) is 18.5 Å². The van der Waals surface area contributed by atoms with Crippen molar-refractivity contribution >= 4 is 0 Å². The van der Waals surface area contributed by atoms with Crippen molar-refractivity contribution in [3.8, 4) is 5.75 Å². The van der Waals surface area contributed by atoms with Crippen molar-refractivity contribution in [1.29, 1.82) is 0 Å². The van der Waals surface area contributed by atoms with Crippen LogP contribution >= 0.6 is 0 Å². The summed E-state index contributed by atoms with van der Waals surface area (Å²) in [5, 5.41) is 0. The molecule has 84 valence electrons. The molecule has 1 rings (SSSR count). The van der Waals surface area contributed by atoms with Crippen LogP contribution in [0.3, 0.4) is 0 Å². The molecule has 2 N–H and O–H groups in total. The van der Waals surface area contributed by atoms with Gasteiger partial charge in [-0.05, 0) is 38.4 Å². The predicted molar refractivity (Wildman–Crippen MR) is 54.9 cm³/mol. The first kappa shape index (κ1) is 11.9. The third-order valence-electron chi connectivity index (χ3n) is 1.90. The van der Waals surface area contributed by atoms with Crippen LogP contribution in [0.25, 0.3) is 0 Å². The van der Waals surface area contributed by atoms with Gasteiger partial charge in [-0.1, -0.05) is 6.07 Å². The molecule has 1 aromatic carbocycles. The lowest BCUT2D eigenvalue weighted by atomic mass is 10.1. The molecule has 0 heterocycles. The molecule has 0 aliphatic heterocycles. The standard InChI is InChI=1S/C11H15F2NO/c1-7(2)15-11-8(5-6-14)3-4-9(12)10(11)13/h3-4,7H,5-6,14H2,1-2H3. The molecule has 0 amide bonds. The smallest absolute Gasteiger partial charge is 0.200 e. The van der Waals surface area contributed by atoms with E-state index in [2.05, 4.69) is 0 Å². The third kappa shape index (κ3) is 2.89. The maximum atomic E-state index is 13.4. The molecule has 0 aromatic heterocycles. The molecule has 0 bridgehead atoms. The summed E-state index contributed by atoms with van der Waals surface area (Å²) in [6.07, 6.45) is 0.275. The van der Waals surface area contributed by atoms with Crippen LogP contribution in [0, 0.1) is 11.6 Å². The molecule has 0 unspecified atom stereocenters. The van der Waals surface area contributed by atoms with E-state index in [1.54, 1.807) is 13.8 Å². The Bertz CT molecular complexity index is 340. The van der Waals surface area contributed by atoms with Gasteiger partial charge in [-0.2, -0.15) is 4.39 Å². The van der Waals surface area contributed by atoms with Gasteiger partial charge < -0.3 is 10.5 Å². The first-order chi connectivity index (χ1) is 7.06. The summed E-state index contributed by atoms with van der Waals surface area (Å²) in [6, 6.07) is 2.59. The van der Waals surface area contributed by atoms with Crippen LogP contribution in [0.15, 0.2) is 12.1 Å².